The molecule has 4 N–H and O–H groups in total. The molecule has 2 rings (SSSR count). The monoisotopic (exact) mass is 316 g/mol. The summed E-state index contributed by atoms with van der Waals surface area (Å²) in [5.74, 6) is -0.481. The molecule has 1 aliphatic carbocycles. The minimum absolute atomic E-state index is 0. The standard InChI is InChI=1S/C15H21FN2O2.ClH/c16-14-6-10(4-5-12(14)9-19)8-18-15(20)11-2-1-3-13(17)7-11;/h4-6,11,13,19H,1-3,7-9,17H2,(H,18,20);1H. The summed E-state index contributed by atoms with van der Waals surface area (Å²) < 4.78 is 13.5. The molecule has 0 heterocycles. The molecule has 0 spiro atoms. The van der Waals surface area contributed by atoms with E-state index in [1.807, 2.05) is 0 Å². The zero-order valence-electron chi connectivity index (χ0n) is 11.8. The molecule has 1 aliphatic rings. The van der Waals surface area contributed by atoms with Gasteiger partial charge in [-0.15, -0.1) is 12.4 Å². The highest BCUT2D eigenvalue weighted by Crippen LogP contribution is 2.23. The highest BCUT2D eigenvalue weighted by molar-refractivity contribution is 5.85. The van der Waals surface area contributed by atoms with E-state index in [1.165, 1.54) is 12.1 Å². The van der Waals surface area contributed by atoms with Gasteiger partial charge in [-0.3, -0.25) is 4.79 Å². The van der Waals surface area contributed by atoms with Crippen LogP contribution in [0.1, 0.15) is 36.8 Å². The van der Waals surface area contributed by atoms with E-state index in [1.54, 1.807) is 6.07 Å². The normalized spacial score (nSPS) is 21.5. The lowest BCUT2D eigenvalue weighted by Gasteiger charge is -2.25. The van der Waals surface area contributed by atoms with Crippen LogP contribution in [0.15, 0.2) is 18.2 Å². The Balaban J connectivity index is 0.00000220. The van der Waals surface area contributed by atoms with Crippen molar-refractivity contribution in [2.75, 3.05) is 0 Å². The topological polar surface area (TPSA) is 75.4 Å². The van der Waals surface area contributed by atoms with Crippen molar-refractivity contribution in [3.05, 3.63) is 35.1 Å². The maximum Gasteiger partial charge on any atom is 0.223 e. The summed E-state index contributed by atoms with van der Waals surface area (Å²) in [5.41, 5.74) is 6.82. The zero-order valence-corrected chi connectivity index (χ0v) is 12.7. The average molecular weight is 317 g/mol. The Morgan fingerprint density at radius 2 is 2.19 bits per heavy atom. The number of aliphatic hydroxyl groups excluding tert-OH is 1. The van der Waals surface area contributed by atoms with Crippen LogP contribution in [0.4, 0.5) is 4.39 Å². The van der Waals surface area contributed by atoms with Crippen LogP contribution in [0.25, 0.3) is 0 Å². The van der Waals surface area contributed by atoms with E-state index < -0.39 is 5.82 Å². The van der Waals surface area contributed by atoms with Crippen LogP contribution in [0, 0.1) is 11.7 Å². The second-order valence-corrected chi connectivity index (χ2v) is 5.43. The molecule has 0 aliphatic heterocycles. The predicted octanol–water partition coefficient (Wildman–Crippen LogP) is 1.87. The number of nitrogens with one attached hydrogen (secondary N) is 1. The molecule has 6 heteroatoms. The van der Waals surface area contributed by atoms with Crippen LogP contribution in [0.3, 0.4) is 0 Å². The molecule has 0 aromatic heterocycles. The summed E-state index contributed by atoms with van der Waals surface area (Å²) in [6.45, 7) is -0.0222. The van der Waals surface area contributed by atoms with Gasteiger partial charge in [-0.2, -0.15) is 0 Å². The summed E-state index contributed by atoms with van der Waals surface area (Å²) in [6.07, 6.45) is 3.57. The molecule has 1 aromatic rings. The van der Waals surface area contributed by atoms with E-state index in [4.69, 9.17) is 10.8 Å². The first-order valence-electron chi connectivity index (χ1n) is 7.01. The Hall–Kier alpha value is -1.17. The first-order chi connectivity index (χ1) is 9.60. The number of aliphatic hydroxyl groups is 1. The molecule has 1 aromatic carbocycles. The maximum absolute atomic E-state index is 13.5. The number of rotatable bonds is 4. The van der Waals surface area contributed by atoms with Crippen molar-refractivity contribution in [3.8, 4) is 0 Å². The van der Waals surface area contributed by atoms with Crippen LogP contribution in [0.2, 0.25) is 0 Å². The Kier molecular flexibility index (Phi) is 7.08. The van der Waals surface area contributed by atoms with Gasteiger partial charge in [0.25, 0.3) is 0 Å². The van der Waals surface area contributed by atoms with E-state index in [2.05, 4.69) is 5.32 Å². The van der Waals surface area contributed by atoms with Crippen molar-refractivity contribution in [1.82, 2.24) is 5.32 Å². The zero-order chi connectivity index (χ0) is 14.5. The first kappa shape index (κ1) is 17.9. The third kappa shape index (κ3) is 4.95. The van der Waals surface area contributed by atoms with Crippen molar-refractivity contribution < 1.29 is 14.3 Å². The van der Waals surface area contributed by atoms with Crippen molar-refractivity contribution in [2.24, 2.45) is 11.7 Å². The van der Waals surface area contributed by atoms with E-state index in [0.717, 1.165) is 25.7 Å². The van der Waals surface area contributed by atoms with Crippen molar-refractivity contribution in [1.29, 1.82) is 0 Å². The highest BCUT2D eigenvalue weighted by Gasteiger charge is 2.24. The smallest absolute Gasteiger partial charge is 0.223 e. The molecule has 1 saturated carbocycles. The lowest BCUT2D eigenvalue weighted by molar-refractivity contribution is -0.126. The number of hydrogen-bond donors (Lipinski definition) is 3. The second-order valence-electron chi connectivity index (χ2n) is 5.43. The number of carbonyl (C=O) groups is 1. The molecule has 0 bridgehead atoms. The van der Waals surface area contributed by atoms with Crippen LogP contribution >= 0.6 is 12.4 Å². The molecule has 1 amide bonds. The van der Waals surface area contributed by atoms with Crippen molar-refractivity contribution >= 4 is 18.3 Å². The first-order valence-corrected chi connectivity index (χ1v) is 7.01. The minimum Gasteiger partial charge on any atom is -0.392 e. The summed E-state index contributed by atoms with van der Waals surface area (Å²) in [6, 6.07) is 4.70. The molecule has 2 atom stereocenters. The van der Waals surface area contributed by atoms with Gasteiger partial charge in [0, 0.05) is 24.1 Å². The van der Waals surface area contributed by atoms with Gasteiger partial charge in [-0.25, -0.2) is 4.39 Å². The van der Waals surface area contributed by atoms with Gasteiger partial charge >= 0.3 is 0 Å². The van der Waals surface area contributed by atoms with E-state index in [-0.39, 0.29) is 42.4 Å². The number of amides is 1. The van der Waals surface area contributed by atoms with Gasteiger partial charge in [0.2, 0.25) is 5.91 Å². The molecule has 0 saturated heterocycles. The largest absolute Gasteiger partial charge is 0.392 e. The summed E-state index contributed by atoms with van der Waals surface area (Å²) in [7, 11) is 0. The Labute approximate surface area is 130 Å². The van der Waals surface area contributed by atoms with Crippen molar-refractivity contribution in [2.45, 2.75) is 44.9 Å². The van der Waals surface area contributed by atoms with Gasteiger partial charge in [0.1, 0.15) is 5.82 Å². The molecular formula is C15H22ClFN2O2. The predicted molar refractivity (Wildman–Crippen MR) is 81.4 cm³/mol. The van der Waals surface area contributed by atoms with E-state index in [9.17, 15) is 9.18 Å². The Morgan fingerprint density at radius 1 is 1.43 bits per heavy atom. The third-order valence-corrected chi connectivity index (χ3v) is 3.84. The minimum atomic E-state index is -0.445. The SMILES string of the molecule is Cl.NC1CCCC(C(=O)NCc2ccc(CO)c(F)c2)C1. The lowest BCUT2D eigenvalue weighted by atomic mass is 9.85. The molecule has 1 fully saturated rings. The Morgan fingerprint density at radius 3 is 2.81 bits per heavy atom. The number of nitrogens with two attached hydrogens (primary N) is 1. The lowest BCUT2D eigenvalue weighted by Crippen LogP contribution is -2.37. The highest BCUT2D eigenvalue weighted by atomic mass is 35.5. The van der Waals surface area contributed by atoms with Crippen molar-refractivity contribution in [3.63, 3.8) is 0 Å². The van der Waals surface area contributed by atoms with E-state index >= 15 is 0 Å². The van der Waals surface area contributed by atoms with Gasteiger partial charge in [0.15, 0.2) is 0 Å². The number of halogens is 2. The van der Waals surface area contributed by atoms with Gasteiger partial charge < -0.3 is 16.2 Å². The number of carbonyl (C=O) groups excluding carboxylic acids is 1. The fourth-order valence-corrected chi connectivity index (χ4v) is 2.63. The quantitative estimate of drug-likeness (QED) is 0.794. The second kappa shape index (κ2) is 8.32. The molecule has 2 unspecified atom stereocenters. The average Bonchev–Trinajstić information content (AvgIpc) is 2.45. The summed E-state index contributed by atoms with van der Waals surface area (Å²) in [4.78, 5) is 12.0. The fraction of sp³-hybridized carbons (Fsp3) is 0.533. The van der Waals surface area contributed by atoms with Gasteiger partial charge in [-0.05, 0) is 30.9 Å². The molecule has 118 valence electrons. The van der Waals surface area contributed by atoms with Gasteiger partial charge in [0.05, 0.1) is 6.61 Å². The molecule has 0 radical (unpaired) electrons. The van der Waals surface area contributed by atoms with Crippen LogP contribution < -0.4 is 11.1 Å². The van der Waals surface area contributed by atoms with Gasteiger partial charge in [-0.1, -0.05) is 18.6 Å². The molecular weight excluding hydrogens is 295 g/mol. The van der Waals surface area contributed by atoms with Crippen LogP contribution in [-0.4, -0.2) is 17.1 Å². The molecule has 4 nitrogen and oxygen atoms in total. The van der Waals surface area contributed by atoms with Crippen LogP contribution in [0.5, 0.6) is 0 Å². The molecule has 21 heavy (non-hydrogen) atoms. The maximum atomic E-state index is 13.5. The van der Waals surface area contributed by atoms with Crippen LogP contribution in [-0.2, 0) is 17.9 Å². The Bertz CT molecular complexity index is 485. The van der Waals surface area contributed by atoms with E-state index in [0.29, 0.717) is 12.1 Å². The third-order valence-electron chi connectivity index (χ3n) is 3.84. The summed E-state index contributed by atoms with van der Waals surface area (Å²) >= 11 is 0. The number of hydrogen-bond acceptors (Lipinski definition) is 3. The summed E-state index contributed by atoms with van der Waals surface area (Å²) in [5, 5.41) is 11.7. The number of benzene rings is 1. The fourth-order valence-electron chi connectivity index (χ4n) is 2.63.